The maximum Gasteiger partial charge on any atom is 0.286 e. The molecule has 0 atom stereocenters. The molecule has 2 aromatic carbocycles. The number of halogens is 2. The van der Waals surface area contributed by atoms with Crippen molar-refractivity contribution in [3.8, 4) is 5.75 Å². The van der Waals surface area contributed by atoms with Crippen molar-refractivity contribution in [2.45, 2.75) is 27.3 Å². The van der Waals surface area contributed by atoms with Gasteiger partial charge in [-0.15, -0.1) is 0 Å². The summed E-state index contributed by atoms with van der Waals surface area (Å²) in [7, 11) is 0. The minimum absolute atomic E-state index is 0.209. The topological polar surface area (TPSA) is 52.8 Å². The number of benzene rings is 2. The van der Waals surface area contributed by atoms with Crippen LogP contribution in [0, 0.1) is 13.8 Å². The first kappa shape index (κ1) is 21.8. The average molecular weight is 453 g/mol. The molecule has 0 N–H and O–H groups in total. The Morgan fingerprint density at radius 3 is 2.66 bits per heavy atom. The van der Waals surface area contributed by atoms with Crippen molar-refractivity contribution in [2.24, 2.45) is 4.99 Å². The third-order valence-electron chi connectivity index (χ3n) is 4.43. The Labute approximate surface area is 183 Å². The molecule has 3 rings (SSSR count). The molecule has 29 heavy (non-hydrogen) atoms. The van der Waals surface area contributed by atoms with Crippen molar-refractivity contribution in [3.63, 3.8) is 0 Å². The smallest absolute Gasteiger partial charge is 0.286 e. The van der Waals surface area contributed by atoms with Crippen LogP contribution in [0.5, 0.6) is 5.75 Å². The summed E-state index contributed by atoms with van der Waals surface area (Å²) in [6.45, 7) is 7.70. The van der Waals surface area contributed by atoms with Gasteiger partial charge in [-0.1, -0.05) is 34.5 Å². The Kier molecular flexibility index (Phi) is 7.35. The van der Waals surface area contributed by atoms with E-state index in [0.29, 0.717) is 40.4 Å². The summed E-state index contributed by atoms with van der Waals surface area (Å²) in [4.78, 5) is 17.4. The van der Waals surface area contributed by atoms with E-state index in [0.717, 1.165) is 10.2 Å². The molecular weight excluding hydrogens is 431 g/mol. The van der Waals surface area contributed by atoms with E-state index in [2.05, 4.69) is 31.0 Å². The van der Waals surface area contributed by atoms with E-state index in [1.165, 1.54) is 22.5 Å². The standard InChI is InChI=1S/C21H22Cl2N2O3S/c1-4-27-8-7-25-17-9-13(2)14(3)10-19(17)29-21(25)24-20(26)12-28-18-6-5-15(22)11-16(18)23/h5-6,9-11H,4,7-8,12H2,1-3H3. The molecule has 0 bridgehead atoms. The fourth-order valence-electron chi connectivity index (χ4n) is 2.79. The third kappa shape index (κ3) is 5.39. The highest BCUT2D eigenvalue weighted by molar-refractivity contribution is 7.16. The molecule has 0 aliphatic carbocycles. The number of amides is 1. The number of aromatic nitrogens is 1. The van der Waals surface area contributed by atoms with Crippen LogP contribution in [0.15, 0.2) is 35.3 Å². The summed E-state index contributed by atoms with van der Waals surface area (Å²) in [6.07, 6.45) is 0. The van der Waals surface area contributed by atoms with E-state index in [1.54, 1.807) is 18.2 Å². The Balaban J connectivity index is 1.88. The van der Waals surface area contributed by atoms with Gasteiger partial charge in [0.25, 0.3) is 5.91 Å². The summed E-state index contributed by atoms with van der Waals surface area (Å²) in [5.41, 5.74) is 3.44. The molecule has 0 radical (unpaired) electrons. The lowest BCUT2D eigenvalue weighted by Crippen LogP contribution is -2.21. The highest BCUT2D eigenvalue weighted by Gasteiger charge is 2.11. The summed E-state index contributed by atoms with van der Waals surface area (Å²) >= 11 is 13.4. The monoisotopic (exact) mass is 452 g/mol. The van der Waals surface area contributed by atoms with Crippen LogP contribution in [0.25, 0.3) is 10.2 Å². The van der Waals surface area contributed by atoms with Gasteiger partial charge in [0.2, 0.25) is 0 Å². The molecular formula is C21H22Cl2N2O3S. The summed E-state index contributed by atoms with van der Waals surface area (Å²) < 4.78 is 14.1. The van der Waals surface area contributed by atoms with Gasteiger partial charge in [-0.3, -0.25) is 4.79 Å². The second-order valence-corrected chi connectivity index (χ2v) is 8.36. The number of rotatable bonds is 7. The van der Waals surface area contributed by atoms with Crippen LogP contribution in [-0.2, 0) is 16.1 Å². The van der Waals surface area contributed by atoms with Crippen LogP contribution in [0.3, 0.4) is 0 Å². The molecule has 5 nitrogen and oxygen atoms in total. The lowest BCUT2D eigenvalue weighted by molar-refractivity contribution is -0.120. The molecule has 0 unspecified atom stereocenters. The van der Waals surface area contributed by atoms with Gasteiger partial charge in [0.1, 0.15) is 5.75 Å². The quantitative estimate of drug-likeness (QED) is 0.464. The molecule has 0 aliphatic heterocycles. The van der Waals surface area contributed by atoms with Crippen molar-refractivity contribution in [1.82, 2.24) is 4.57 Å². The number of hydrogen-bond acceptors (Lipinski definition) is 4. The lowest BCUT2D eigenvalue weighted by atomic mass is 10.1. The summed E-state index contributed by atoms with van der Waals surface area (Å²) in [6, 6.07) is 9.10. The normalized spacial score (nSPS) is 12.0. The van der Waals surface area contributed by atoms with Gasteiger partial charge in [-0.05, 0) is 62.2 Å². The van der Waals surface area contributed by atoms with E-state index in [4.69, 9.17) is 32.7 Å². The zero-order valence-electron chi connectivity index (χ0n) is 16.5. The second-order valence-electron chi connectivity index (χ2n) is 6.51. The maximum atomic E-state index is 12.5. The van der Waals surface area contributed by atoms with Crippen molar-refractivity contribution in [2.75, 3.05) is 19.8 Å². The maximum absolute atomic E-state index is 12.5. The highest BCUT2D eigenvalue weighted by atomic mass is 35.5. The van der Waals surface area contributed by atoms with Crippen LogP contribution >= 0.6 is 34.5 Å². The molecule has 154 valence electrons. The zero-order chi connectivity index (χ0) is 21.0. The van der Waals surface area contributed by atoms with Crippen molar-refractivity contribution >= 4 is 50.7 Å². The molecule has 0 aliphatic rings. The predicted molar refractivity (Wildman–Crippen MR) is 118 cm³/mol. The number of carbonyl (C=O) groups excluding carboxylic acids is 1. The molecule has 3 aromatic rings. The van der Waals surface area contributed by atoms with Gasteiger partial charge in [0.15, 0.2) is 11.4 Å². The van der Waals surface area contributed by atoms with E-state index < -0.39 is 0 Å². The Bertz CT molecular complexity index is 1110. The largest absolute Gasteiger partial charge is 0.482 e. The fraction of sp³-hybridized carbons (Fsp3) is 0.333. The molecule has 0 fully saturated rings. The first-order chi connectivity index (χ1) is 13.9. The van der Waals surface area contributed by atoms with E-state index in [-0.39, 0.29) is 12.5 Å². The molecule has 0 spiro atoms. The van der Waals surface area contributed by atoms with Gasteiger partial charge >= 0.3 is 0 Å². The van der Waals surface area contributed by atoms with Crippen LogP contribution in [0.2, 0.25) is 10.0 Å². The first-order valence-corrected chi connectivity index (χ1v) is 10.8. The summed E-state index contributed by atoms with van der Waals surface area (Å²) in [5.74, 6) is 0.00704. The zero-order valence-corrected chi connectivity index (χ0v) is 18.8. The number of aryl methyl sites for hydroxylation is 2. The SMILES string of the molecule is CCOCCn1c(=NC(=O)COc2ccc(Cl)cc2Cl)sc2cc(C)c(C)cc21. The molecule has 0 saturated carbocycles. The van der Waals surface area contributed by atoms with E-state index >= 15 is 0 Å². The Hall–Kier alpha value is -1.86. The van der Waals surface area contributed by atoms with Gasteiger partial charge < -0.3 is 14.0 Å². The second kappa shape index (κ2) is 9.76. The molecule has 8 heteroatoms. The number of ether oxygens (including phenoxy) is 2. The highest BCUT2D eigenvalue weighted by Crippen LogP contribution is 2.27. The molecule has 1 aromatic heterocycles. The molecule has 0 saturated heterocycles. The van der Waals surface area contributed by atoms with Crippen molar-refractivity contribution in [3.05, 3.63) is 56.3 Å². The van der Waals surface area contributed by atoms with Crippen molar-refractivity contribution < 1.29 is 14.3 Å². The minimum Gasteiger partial charge on any atom is -0.482 e. The molecule has 1 heterocycles. The Morgan fingerprint density at radius 1 is 1.17 bits per heavy atom. The van der Waals surface area contributed by atoms with E-state index in [9.17, 15) is 4.79 Å². The number of nitrogens with zero attached hydrogens (tertiary/aromatic N) is 2. The average Bonchev–Trinajstić information content (AvgIpc) is 2.98. The molecule has 1 amide bonds. The van der Waals surface area contributed by atoms with Crippen LogP contribution in [0.4, 0.5) is 0 Å². The fourth-order valence-corrected chi connectivity index (χ4v) is 4.41. The minimum atomic E-state index is -0.388. The van der Waals surface area contributed by atoms with E-state index in [1.807, 2.05) is 11.5 Å². The van der Waals surface area contributed by atoms with Crippen molar-refractivity contribution in [1.29, 1.82) is 0 Å². The van der Waals surface area contributed by atoms with Crippen LogP contribution in [-0.4, -0.2) is 30.3 Å². The predicted octanol–water partition coefficient (Wildman–Crippen LogP) is 5.17. The lowest BCUT2D eigenvalue weighted by Gasteiger charge is -2.07. The summed E-state index contributed by atoms with van der Waals surface area (Å²) in [5, 5.41) is 0.856. The number of hydrogen-bond donors (Lipinski definition) is 0. The van der Waals surface area contributed by atoms with Gasteiger partial charge in [0, 0.05) is 18.2 Å². The third-order valence-corrected chi connectivity index (χ3v) is 6.00. The number of carbonyl (C=O) groups is 1. The Morgan fingerprint density at radius 2 is 1.93 bits per heavy atom. The van der Waals surface area contributed by atoms with Gasteiger partial charge in [-0.2, -0.15) is 4.99 Å². The van der Waals surface area contributed by atoms with Gasteiger partial charge in [0.05, 0.1) is 21.8 Å². The first-order valence-electron chi connectivity index (χ1n) is 9.22. The number of fused-ring (bicyclic) bond motifs is 1. The van der Waals surface area contributed by atoms with Crippen LogP contribution < -0.4 is 9.54 Å². The van der Waals surface area contributed by atoms with Crippen LogP contribution in [0.1, 0.15) is 18.1 Å². The van der Waals surface area contributed by atoms with Gasteiger partial charge in [-0.25, -0.2) is 0 Å². The number of thiazole rings is 1.